The molecule has 8 heteroatoms. The van der Waals surface area contributed by atoms with Crippen molar-refractivity contribution in [2.24, 2.45) is 0 Å². The molecular weight excluding hydrogens is 406 g/mol. The lowest BCUT2D eigenvalue weighted by molar-refractivity contribution is -0.114. The summed E-state index contributed by atoms with van der Waals surface area (Å²) in [7, 11) is 0. The highest BCUT2D eigenvalue weighted by Gasteiger charge is 2.26. The number of amides is 3. The van der Waals surface area contributed by atoms with Crippen LogP contribution in [0.1, 0.15) is 53.6 Å². The van der Waals surface area contributed by atoms with E-state index in [0.717, 1.165) is 30.9 Å². The van der Waals surface area contributed by atoms with E-state index in [-0.39, 0.29) is 17.7 Å². The number of benzene rings is 1. The smallest absolute Gasteiger partial charge is 0.256 e. The van der Waals surface area contributed by atoms with Gasteiger partial charge in [-0.05, 0) is 56.8 Å². The molecule has 8 nitrogen and oxygen atoms in total. The van der Waals surface area contributed by atoms with E-state index >= 15 is 0 Å². The molecule has 1 aromatic carbocycles. The van der Waals surface area contributed by atoms with Gasteiger partial charge in [-0.15, -0.1) is 0 Å². The SMILES string of the molecule is CCN(CC)CCNC(=O)c1c(C)[nH]c(/C=C2\C(=O)Nc3ccc(NC(C)=O)cc32)c1C. The topological polar surface area (TPSA) is 106 Å². The minimum Gasteiger partial charge on any atom is -0.358 e. The fourth-order valence-corrected chi connectivity index (χ4v) is 3.97. The van der Waals surface area contributed by atoms with Crippen LogP contribution in [0.25, 0.3) is 11.6 Å². The van der Waals surface area contributed by atoms with Crippen molar-refractivity contribution in [3.8, 4) is 0 Å². The van der Waals surface area contributed by atoms with Gasteiger partial charge in [-0.1, -0.05) is 13.8 Å². The monoisotopic (exact) mass is 437 g/mol. The first-order chi connectivity index (χ1) is 15.2. The molecule has 170 valence electrons. The zero-order valence-corrected chi connectivity index (χ0v) is 19.3. The Morgan fingerprint density at radius 2 is 1.88 bits per heavy atom. The van der Waals surface area contributed by atoms with Crippen molar-refractivity contribution in [3.63, 3.8) is 0 Å². The molecular formula is C24H31N5O3. The quantitative estimate of drug-likeness (QED) is 0.476. The number of hydrogen-bond donors (Lipinski definition) is 4. The molecule has 2 aromatic rings. The van der Waals surface area contributed by atoms with Crippen LogP contribution in [0.3, 0.4) is 0 Å². The molecule has 2 heterocycles. The van der Waals surface area contributed by atoms with Gasteiger partial charge in [0.2, 0.25) is 5.91 Å². The molecule has 0 atom stereocenters. The summed E-state index contributed by atoms with van der Waals surface area (Å²) in [6, 6.07) is 5.28. The zero-order valence-electron chi connectivity index (χ0n) is 19.3. The van der Waals surface area contributed by atoms with Gasteiger partial charge >= 0.3 is 0 Å². The second-order valence-electron chi connectivity index (χ2n) is 7.90. The number of aromatic amines is 1. The Kier molecular flexibility index (Phi) is 7.15. The van der Waals surface area contributed by atoms with Gasteiger partial charge in [0.25, 0.3) is 11.8 Å². The van der Waals surface area contributed by atoms with E-state index in [1.165, 1.54) is 6.92 Å². The summed E-state index contributed by atoms with van der Waals surface area (Å²) in [5.41, 5.74) is 5.33. The van der Waals surface area contributed by atoms with E-state index < -0.39 is 0 Å². The van der Waals surface area contributed by atoms with Crippen LogP contribution in [0.4, 0.5) is 11.4 Å². The summed E-state index contributed by atoms with van der Waals surface area (Å²) in [5.74, 6) is -0.533. The van der Waals surface area contributed by atoms with Crippen LogP contribution in [0, 0.1) is 13.8 Å². The van der Waals surface area contributed by atoms with Crippen molar-refractivity contribution in [3.05, 3.63) is 46.3 Å². The maximum Gasteiger partial charge on any atom is 0.256 e. The average molecular weight is 438 g/mol. The van der Waals surface area contributed by atoms with E-state index in [1.807, 2.05) is 13.8 Å². The van der Waals surface area contributed by atoms with Crippen molar-refractivity contribution in [2.75, 3.05) is 36.8 Å². The van der Waals surface area contributed by atoms with E-state index in [2.05, 4.69) is 39.7 Å². The third-order valence-electron chi connectivity index (χ3n) is 5.72. The number of anilines is 2. The third-order valence-corrected chi connectivity index (χ3v) is 5.72. The van der Waals surface area contributed by atoms with Crippen LogP contribution in [0.5, 0.6) is 0 Å². The predicted molar refractivity (Wildman–Crippen MR) is 128 cm³/mol. The number of hydrogen-bond acceptors (Lipinski definition) is 4. The average Bonchev–Trinajstić information content (AvgIpc) is 3.20. The largest absolute Gasteiger partial charge is 0.358 e. The first-order valence-electron chi connectivity index (χ1n) is 10.9. The van der Waals surface area contributed by atoms with Crippen LogP contribution in [-0.2, 0) is 9.59 Å². The summed E-state index contributed by atoms with van der Waals surface area (Å²) in [6.45, 7) is 12.6. The number of likely N-dealkylation sites (N-methyl/N-ethyl adjacent to an activating group) is 1. The molecule has 0 radical (unpaired) electrons. The number of carbonyl (C=O) groups is 3. The van der Waals surface area contributed by atoms with Crippen molar-refractivity contribution in [1.29, 1.82) is 0 Å². The second-order valence-corrected chi connectivity index (χ2v) is 7.90. The highest BCUT2D eigenvalue weighted by atomic mass is 16.2. The van der Waals surface area contributed by atoms with Gasteiger partial charge in [0.05, 0.1) is 11.1 Å². The van der Waals surface area contributed by atoms with Gasteiger partial charge in [-0.25, -0.2) is 0 Å². The number of H-pyrrole nitrogens is 1. The van der Waals surface area contributed by atoms with Crippen LogP contribution in [0.2, 0.25) is 0 Å². The van der Waals surface area contributed by atoms with Crippen LogP contribution >= 0.6 is 0 Å². The lowest BCUT2D eigenvalue weighted by atomic mass is 10.0. The molecule has 0 unspecified atom stereocenters. The number of aryl methyl sites for hydroxylation is 1. The van der Waals surface area contributed by atoms with E-state index in [1.54, 1.807) is 24.3 Å². The summed E-state index contributed by atoms with van der Waals surface area (Å²) in [4.78, 5) is 42.3. The van der Waals surface area contributed by atoms with Crippen molar-refractivity contribution in [2.45, 2.75) is 34.6 Å². The maximum atomic E-state index is 12.8. The summed E-state index contributed by atoms with van der Waals surface area (Å²) in [6.07, 6.45) is 1.76. The highest BCUT2D eigenvalue weighted by molar-refractivity contribution is 6.35. The van der Waals surface area contributed by atoms with Gasteiger partial charge in [0.1, 0.15) is 0 Å². The summed E-state index contributed by atoms with van der Waals surface area (Å²) < 4.78 is 0. The molecule has 4 N–H and O–H groups in total. The first-order valence-corrected chi connectivity index (χ1v) is 10.9. The normalized spacial score (nSPS) is 13.9. The molecule has 1 aliphatic heterocycles. The molecule has 3 rings (SSSR count). The fourth-order valence-electron chi connectivity index (χ4n) is 3.97. The number of carbonyl (C=O) groups excluding carboxylic acids is 3. The first kappa shape index (κ1) is 23.3. The molecule has 0 aliphatic carbocycles. The maximum absolute atomic E-state index is 12.8. The highest BCUT2D eigenvalue weighted by Crippen LogP contribution is 2.35. The minimum absolute atomic E-state index is 0.128. The van der Waals surface area contributed by atoms with E-state index in [4.69, 9.17) is 0 Å². The fraction of sp³-hybridized carbons (Fsp3) is 0.375. The Bertz CT molecular complexity index is 1080. The lowest BCUT2D eigenvalue weighted by Crippen LogP contribution is -2.35. The molecule has 0 spiro atoms. The number of nitrogens with one attached hydrogen (secondary N) is 4. The number of aromatic nitrogens is 1. The molecule has 1 aliphatic rings. The Morgan fingerprint density at radius 3 is 2.53 bits per heavy atom. The van der Waals surface area contributed by atoms with Crippen LogP contribution in [-0.4, -0.2) is 53.8 Å². The Morgan fingerprint density at radius 1 is 1.16 bits per heavy atom. The summed E-state index contributed by atoms with van der Waals surface area (Å²) in [5, 5.41) is 8.58. The molecule has 0 fully saturated rings. The number of nitrogens with zero attached hydrogens (tertiary/aromatic N) is 1. The van der Waals surface area contributed by atoms with Crippen molar-refractivity contribution >= 4 is 40.7 Å². The van der Waals surface area contributed by atoms with Crippen LogP contribution in [0.15, 0.2) is 18.2 Å². The zero-order chi connectivity index (χ0) is 23.4. The molecule has 1 aromatic heterocycles. The number of fused-ring (bicyclic) bond motifs is 1. The van der Waals surface area contributed by atoms with Crippen molar-refractivity contribution in [1.82, 2.24) is 15.2 Å². The summed E-state index contributed by atoms with van der Waals surface area (Å²) >= 11 is 0. The second kappa shape index (κ2) is 9.82. The Balaban J connectivity index is 1.85. The third kappa shape index (κ3) is 4.91. The van der Waals surface area contributed by atoms with Crippen molar-refractivity contribution < 1.29 is 14.4 Å². The standard InChI is InChI=1S/C24H31N5O3/c1-6-29(7-2)11-10-25-24(32)22-14(3)21(26-15(22)4)13-19-18-12-17(27-16(5)30)8-9-20(18)28-23(19)31/h8-9,12-13,26H,6-7,10-11H2,1-5H3,(H,25,32)(H,27,30)(H,28,31)/b19-13-. The van der Waals surface area contributed by atoms with Gasteiger partial charge in [0, 0.05) is 48.3 Å². The number of rotatable bonds is 8. The Labute approximate surface area is 188 Å². The molecule has 0 saturated heterocycles. The minimum atomic E-state index is -0.225. The molecule has 0 saturated carbocycles. The molecule has 0 bridgehead atoms. The van der Waals surface area contributed by atoms with E-state index in [9.17, 15) is 14.4 Å². The Hall–Kier alpha value is -3.39. The molecule has 32 heavy (non-hydrogen) atoms. The molecule has 3 amide bonds. The van der Waals surface area contributed by atoms with Crippen LogP contribution < -0.4 is 16.0 Å². The lowest BCUT2D eigenvalue weighted by Gasteiger charge is -2.18. The van der Waals surface area contributed by atoms with Gasteiger partial charge < -0.3 is 25.8 Å². The van der Waals surface area contributed by atoms with Gasteiger partial charge in [-0.3, -0.25) is 14.4 Å². The van der Waals surface area contributed by atoms with E-state index in [0.29, 0.717) is 40.3 Å². The van der Waals surface area contributed by atoms with Gasteiger partial charge in [0.15, 0.2) is 0 Å². The predicted octanol–water partition coefficient (Wildman–Crippen LogP) is 3.15. The van der Waals surface area contributed by atoms with Gasteiger partial charge in [-0.2, -0.15) is 0 Å².